The summed E-state index contributed by atoms with van der Waals surface area (Å²) in [4.78, 5) is 4.66. The van der Waals surface area contributed by atoms with Crippen molar-refractivity contribution >= 4 is 30.0 Å². The van der Waals surface area contributed by atoms with Crippen LogP contribution in [-0.4, -0.2) is 13.1 Å². The molecule has 3 aromatic rings. The normalized spacial score (nSPS) is 11.4. The van der Waals surface area contributed by atoms with E-state index in [1.54, 1.807) is 0 Å². The van der Waals surface area contributed by atoms with Gasteiger partial charge in [-0.25, -0.2) is 0 Å². The first kappa shape index (κ1) is 15.0. The molecule has 0 radical (unpaired) electrons. The first-order valence-corrected chi connectivity index (χ1v) is 10.7. The van der Waals surface area contributed by atoms with Gasteiger partial charge in [0, 0.05) is 16.8 Å². The van der Waals surface area contributed by atoms with Gasteiger partial charge < -0.3 is 0 Å². The van der Waals surface area contributed by atoms with E-state index in [0.717, 1.165) is 16.3 Å². The average Bonchev–Trinajstić information content (AvgIpc) is 2.56. The molecule has 110 valence electrons. The first-order chi connectivity index (χ1) is 10.6. The highest BCUT2D eigenvalue weighted by Gasteiger charge is 2.25. The maximum atomic E-state index is 5.94. The summed E-state index contributed by atoms with van der Waals surface area (Å²) in [6, 6.07) is 22.9. The Bertz CT molecular complexity index is 750. The maximum Gasteiger partial charge on any atom is 0.114 e. The summed E-state index contributed by atoms with van der Waals surface area (Å²) in [6.07, 6.45) is 2.03. The summed E-state index contributed by atoms with van der Waals surface area (Å²) < 4.78 is 0. The molecular weight excluding hydrogens is 306 g/mol. The van der Waals surface area contributed by atoms with Gasteiger partial charge in [0.05, 0.1) is 5.69 Å². The molecule has 0 aliphatic carbocycles. The maximum absolute atomic E-state index is 5.94. The van der Waals surface area contributed by atoms with Crippen LogP contribution in [-0.2, 0) is 0 Å². The van der Waals surface area contributed by atoms with Gasteiger partial charge in [0.15, 0.2) is 0 Å². The lowest BCUT2D eigenvalue weighted by atomic mass is 10.1. The number of benzene rings is 2. The Balaban J connectivity index is 1.93. The van der Waals surface area contributed by atoms with Gasteiger partial charge >= 0.3 is 0 Å². The van der Waals surface area contributed by atoms with Crippen LogP contribution in [0.4, 0.5) is 0 Å². The zero-order chi connectivity index (χ0) is 15.6. The second kappa shape index (κ2) is 6.07. The molecule has 0 unspecified atom stereocenters. The third-order valence-corrected chi connectivity index (χ3v) is 7.89. The Morgan fingerprint density at radius 3 is 2.05 bits per heavy atom. The van der Waals surface area contributed by atoms with Gasteiger partial charge in [0.1, 0.15) is 8.07 Å². The van der Waals surface area contributed by atoms with Crippen LogP contribution in [0.5, 0.6) is 0 Å². The highest BCUT2D eigenvalue weighted by Crippen LogP contribution is 2.19. The third kappa shape index (κ3) is 2.98. The summed E-state index contributed by atoms with van der Waals surface area (Å²) in [5, 5.41) is 3.52. The monoisotopic (exact) mass is 323 g/mol. The van der Waals surface area contributed by atoms with E-state index in [9.17, 15) is 0 Å². The van der Waals surface area contributed by atoms with Crippen LogP contribution in [0.25, 0.3) is 11.3 Å². The van der Waals surface area contributed by atoms with Crippen molar-refractivity contribution in [2.45, 2.75) is 13.1 Å². The Kier molecular flexibility index (Phi) is 4.14. The van der Waals surface area contributed by atoms with Crippen LogP contribution >= 0.6 is 11.6 Å². The Morgan fingerprint density at radius 2 is 1.45 bits per heavy atom. The molecule has 0 bridgehead atoms. The van der Waals surface area contributed by atoms with E-state index >= 15 is 0 Å². The number of nitrogens with zero attached hydrogens (tertiary/aromatic N) is 1. The summed E-state index contributed by atoms with van der Waals surface area (Å²) in [5.74, 6) is 0. The smallest absolute Gasteiger partial charge is 0.114 e. The molecule has 0 spiro atoms. The summed E-state index contributed by atoms with van der Waals surface area (Å²) in [5.41, 5.74) is 2.08. The highest BCUT2D eigenvalue weighted by atomic mass is 35.5. The zero-order valence-corrected chi connectivity index (χ0v) is 14.5. The fourth-order valence-corrected chi connectivity index (χ4v) is 4.95. The van der Waals surface area contributed by atoms with Crippen LogP contribution in [0.15, 0.2) is 72.9 Å². The second-order valence-electron chi connectivity index (χ2n) is 5.93. The molecular formula is C19H18ClNSi. The molecule has 0 atom stereocenters. The summed E-state index contributed by atoms with van der Waals surface area (Å²) in [7, 11) is -1.67. The van der Waals surface area contributed by atoms with Gasteiger partial charge in [-0.3, -0.25) is 4.98 Å². The van der Waals surface area contributed by atoms with Crippen LogP contribution in [0, 0.1) is 0 Å². The SMILES string of the molecule is C[Si](C)(c1ccccc1)c1ccc(-c2ccc(Cl)cc2)nc1. The van der Waals surface area contributed by atoms with Crippen LogP contribution in [0.1, 0.15) is 0 Å². The third-order valence-electron chi connectivity index (χ3n) is 4.12. The fourth-order valence-electron chi connectivity index (χ4n) is 2.58. The van der Waals surface area contributed by atoms with E-state index in [4.69, 9.17) is 11.6 Å². The van der Waals surface area contributed by atoms with E-state index in [0.29, 0.717) is 0 Å². The highest BCUT2D eigenvalue weighted by molar-refractivity contribution is 7.00. The molecule has 3 rings (SSSR count). The van der Waals surface area contributed by atoms with Crippen molar-refractivity contribution in [2.24, 2.45) is 0 Å². The van der Waals surface area contributed by atoms with Crippen LogP contribution in [0.2, 0.25) is 18.1 Å². The number of hydrogen-bond acceptors (Lipinski definition) is 1. The van der Waals surface area contributed by atoms with Crippen molar-refractivity contribution < 1.29 is 0 Å². The Labute approximate surface area is 137 Å². The average molecular weight is 324 g/mol. The number of rotatable bonds is 3. The minimum absolute atomic E-state index is 0.748. The number of hydrogen-bond donors (Lipinski definition) is 0. The predicted octanol–water partition coefficient (Wildman–Crippen LogP) is 4.22. The molecule has 22 heavy (non-hydrogen) atoms. The number of pyridine rings is 1. The van der Waals surface area contributed by atoms with E-state index in [1.165, 1.54) is 10.4 Å². The minimum atomic E-state index is -1.67. The lowest BCUT2D eigenvalue weighted by Gasteiger charge is -2.23. The molecule has 0 aliphatic rings. The quantitative estimate of drug-likeness (QED) is 0.657. The van der Waals surface area contributed by atoms with Crippen molar-refractivity contribution in [3.05, 3.63) is 77.9 Å². The number of halogens is 1. The molecule has 1 heterocycles. The van der Waals surface area contributed by atoms with E-state index in [2.05, 4.69) is 60.5 Å². The topological polar surface area (TPSA) is 12.9 Å². The molecule has 0 saturated heterocycles. The lowest BCUT2D eigenvalue weighted by molar-refractivity contribution is 1.34. The molecule has 0 aliphatic heterocycles. The van der Waals surface area contributed by atoms with Gasteiger partial charge in [0.25, 0.3) is 0 Å². The zero-order valence-electron chi connectivity index (χ0n) is 12.8. The molecule has 0 N–H and O–H groups in total. The number of aromatic nitrogens is 1. The predicted molar refractivity (Wildman–Crippen MR) is 97.9 cm³/mol. The van der Waals surface area contributed by atoms with Gasteiger partial charge in [0.2, 0.25) is 0 Å². The van der Waals surface area contributed by atoms with E-state index < -0.39 is 8.07 Å². The van der Waals surface area contributed by atoms with Gasteiger partial charge in [-0.1, -0.05) is 78.4 Å². The fraction of sp³-hybridized carbons (Fsp3) is 0.105. The van der Waals surface area contributed by atoms with Crippen molar-refractivity contribution in [3.8, 4) is 11.3 Å². The van der Waals surface area contributed by atoms with E-state index in [-0.39, 0.29) is 0 Å². The summed E-state index contributed by atoms with van der Waals surface area (Å²) >= 11 is 5.94. The van der Waals surface area contributed by atoms with E-state index in [1.807, 2.05) is 30.5 Å². The lowest BCUT2D eigenvalue weighted by Crippen LogP contribution is -2.52. The van der Waals surface area contributed by atoms with Gasteiger partial charge in [-0.2, -0.15) is 0 Å². The molecule has 2 aromatic carbocycles. The van der Waals surface area contributed by atoms with Crippen molar-refractivity contribution in [1.29, 1.82) is 0 Å². The van der Waals surface area contributed by atoms with Crippen LogP contribution < -0.4 is 10.4 Å². The van der Waals surface area contributed by atoms with Gasteiger partial charge in [-0.15, -0.1) is 0 Å². The Morgan fingerprint density at radius 1 is 0.773 bits per heavy atom. The second-order valence-corrected chi connectivity index (χ2v) is 10.8. The van der Waals surface area contributed by atoms with Crippen molar-refractivity contribution in [3.63, 3.8) is 0 Å². The first-order valence-electron chi connectivity index (χ1n) is 7.35. The Hall–Kier alpha value is -1.90. The molecule has 0 fully saturated rings. The van der Waals surface area contributed by atoms with Crippen LogP contribution in [0.3, 0.4) is 0 Å². The molecule has 1 aromatic heterocycles. The van der Waals surface area contributed by atoms with Crippen molar-refractivity contribution in [1.82, 2.24) is 4.98 Å². The molecule has 0 saturated carbocycles. The van der Waals surface area contributed by atoms with Crippen molar-refractivity contribution in [2.75, 3.05) is 0 Å². The summed E-state index contributed by atoms with van der Waals surface area (Å²) in [6.45, 7) is 4.72. The molecule has 3 heteroatoms. The molecule has 0 amide bonds. The minimum Gasteiger partial charge on any atom is -0.256 e. The molecule has 1 nitrogen and oxygen atoms in total. The largest absolute Gasteiger partial charge is 0.256 e. The standard InChI is InChI=1S/C19H18ClNSi/c1-22(2,17-6-4-3-5-7-17)18-12-13-19(21-14-18)15-8-10-16(20)11-9-15/h3-14H,1-2H3. The van der Waals surface area contributed by atoms with Gasteiger partial charge in [-0.05, 0) is 23.4 Å².